The Kier molecular flexibility index (Phi) is 6.12. The first-order chi connectivity index (χ1) is 14.6. The molecule has 0 bridgehead atoms. The van der Waals surface area contributed by atoms with Crippen molar-refractivity contribution in [3.8, 4) is 28.1 Å². The molecule has 7 nitrogen and oxygen atoms in total. The predicted octanol–water partition coefficient (Wildman–Crippen LogP) is 4.89. The SMILES string of the molecule is CCC(C(=O)O)n1cc(OC)c(-c2cc(Cl)ccc2-c2cc(C(F)(F)F)on2)cc1=O. The Labute approximate surface area is 178 Å². The van der Waals surface area contributed by atoms with Crippen molar-refractivity contribution in [2.45, 2.75) is 25.6 Å². The highest BCUT2D eigenvalue weighted by molar-refractivity contribution is 6.31. The summed E-state index contributed by atoms with van der Waals surface area (Å²) in [6.45, 7) is 1.61. The number of ether oxygens (including phenoxy) is 1. The van der Waals surface area contributed by atoms with Crippen molar-refractivity contribution in [2.75, 3.05) is 7.11 Å². The molecule has 3 aromatic rings. The van der Waals surface area contributed by atoms with Crippen LogP contribution in [0.4, 0.5) is 13.2 Å². The average molecular weight is 457 g/mol. The highest BCUT2D eigenvalue weighted by Gasteiger charge is 2.36. The van der Waals surface area contributed by atoms with E-state index in [2.05, 4.69) is 9.68 Å². The van der Waals surface area contributed by atoms with Gasteiger partial charge >= 0.3 is 12.1 Å². The summed E-state index contributed by atoms with van der Waals surface area (Å²) in [6.07, 6.45) is -3.32. The van der Waals surface area contributed by atoms with Gasteiger partial charge in [-0.3, -0.25) is 9.36 Å². The standard InChI is InChI=1S/C20H16ClF3N2O5/c1-3-15(19(28)29)26-9-16(30-2)13(7-18(26)27)12-6-10(21)4-5-11(12)14-8-17(31-25-14)20(22,23)24/h4-9,15H,3H2,1-2H3,(H,28,29). The second-order valence-corrected chi connectivity index (χ2v) is 6.96. The Morgan fingerprint density at radius 1 is 1.26 bits per heavy atom. The van der Waals surface area contributed by atoms with Gasteiger partial charge in [-0.2, -0.15) is 13.2 Å². The van der Waals surface area contributed by atoms with Crippen molar-refractivity contribution < 1.29 is 32.3 Å². The predicted molar refractivity (Wildman–Crippen MR) is 105 cm³/mol. The van der Waals surface area contributed by atoms with Gasteiger partial charge in [-0.05, 0) is 24.1 Å². The summed E-state index contributed by atoms with van der Waals surface area (Å²) in [5.74, 6) is -2.34. The number of methoxy groups -OCH3 is 1. The molecule has 0 aliphatic carbocycles. The topological polar surface area (TPSA) is 94.6 Å². The first-order valence-electron chi connectivity index (χ1n) is 8.94. The molecule has 3 rings (SSSR count). The molecular formula is C20H16ClF3N2O5. The summed E-state index contributed by atoms with van der Waals surface area (Å²) >= 11 is 6.09. The first kappa shape index (κ1) is 22.4. The van der Waals surface area contributed by atoms with Crippen LogP contribution in [0.3, 0.4) is 0 Å². The zero-order chi connectivity index (χ0) is 22.9. The van der Waals surface area contributed by atoms with Crippen LogP contribution in [0.25, 0.3) is 22.4 Å². The van der Waals surface area contributed by atoms with Crippen molar-refractivity contribution in [1.29, 1.82) is 0 Å². The zero-order valence-corrected chi connectivity index (χ0v) is 17.0. The fraction of sp³-hybridized carbons (Fsp3) is 0.250. The number of halogens is 4. The van der Waals surface area contributed by atoms with Crippen LogP contribution in [0.5, 0.6) is 5.75 Å². The molecule has 0 radical (unpaired) electrons. The van der Waals surface area contributed by atoms with Gasteiger partial charge in [0.25, 0.3) is 5.56 Å². The minimum absolute atomic E-state index is 0.123. The maximum absolute atomic E-state index is 12.9. The molecule has 0 saturated heterocycles. The average Bonchev–Trinajstić information content (AvgIpc) is 3.19. The molecule has 11 heteroatoms. The fourth-order valence-electron chi connectivity index (χ4n) is 3.13. The summed E-state index contributed by atoms with van der Waals surface area (Å²) in [6, 6.07) is 5.09. The molecule has 1 atom stereocenters. The maximum Gasteiger partial charge on any atom is 0.452 e. The summed E-state index contributed by atoms with van der Waals surface area (Å²) < 4.78 is 49.6. The minimum Gasteiger partial charge on any atom is -0.495 e. The molecule has 0 saturated carbocycles. The molecule has 2 aromatic heterocycles. The second kappa shape index (κ2) is 8.46. The molecule has 0 aliphatic rings. The van der Waals surface area contributed by atoms with Crippen molar-refractivity contribution in [3.05, 3.63) is 57.7 Å². The van der Waals surface area contributed by atoms with Gasteiger partial charge in [0.2, 0.25) is 5.76 Å². The van der Waals surface area contributed by atoms with Gasteiger partial charge < -0.3 is 14.4 Å². The van der Waals surface area contributed by atoms with Gasteiger partial charge in [-0.1, -0.05) is 29.7 Å². The Hall–Kier alpha value is -3.27. The van der Waals surface area contributed by atoms with Crippen LogP contribution in [0.15, 0.2) is 45.8 Å². The van der Waals surface area contributed by atoms with E-state index < -0.39 is 29.5 Å². The Balaban J connectivity index is 2.23. The highest BCUT2D eigenvalue weighted by atomic mass is 35.5. The third kappa shape index (κ3) is 4.43. The van der Waals surface area contributed by atoms with Crippen LogP contribution in [0.1, 0.15) is 25.1 Å². The van der Waals surface area contributed by atoms with E-state index in [0.29, 0.717) is 0 Å². The number of alkyl halides is 3. The van der Waals surface area contributed by atoms with Crippen molar-refractivity contribution >= 4 is 17.6 Å². The van der Waals surface area contributed by atoms with E-state index in [1.165, 1.54) is 31.5 Å². The summed E-state index contributed by atoms with van der Waals surface area (Å²) in [5.41, 5.74) is -0.0734. The molecule has 1 aromatic carbocycles. The molecule has 1 N–H and O–H groups in total. The molecule has 0 spiro atoms. The maximum atomic E-state index is 12.9. The lowest BCUT2D eigenvalue weighted by Gasteiger charge is -2.18. The van der Waals surface area contributed by atoms with Crippen molar-refractivity contribution in [3.63, 3.8) is 0 Å². The lowest BCUT2D eigenvalue weighted by molar-refractivity contribution is -0.155. The van der Waals surface area contributed by atoms with E-state index in [9.17, 15) is 27.9 Å². The van der Waals surface area contributed by atoms with Gasteiger partial charge in [0.05, 0.1) is 13.3 Å². The molecule has 1 unspecified atom stereocenters. The molecule has 31 heavy (non-hydrogen) atoms. The van der Waals surface area contributed by atoms with Crippen LogP contribution in [0.2, 0.25) is 5.02 Å². The Morgan fingerprint density at radius 3 is 2.52 bits per heavy atom. The first-order valence-corrected chi connectivity index (χ1v) is 9.31. The summed E-state index contributed by atoms with van der Waals surface area (Å²) in [4.78, 5) is 24.2. The number of pyridine rings is 1. The van der Waals surface area contributed by atoms with E-state index in [-0.39, 0.29) is 39.6 Å². The zero-order valence-electron chi connectivity index (χ0n) is 16.2. The van der Waals surface area contributed by atoms with Crippen LogP contribution in [-0.2, 0) is 11.0 Å². The minimum atomic E-state index is -4.72. The summed E-state index contributed by atoms with van der Waals surface area (Å²) in [7, 11) is 1.32. The van der Waals surface area contributed by atoms with E-state index in [4.69, 9.17) is 16.3 Å². The molecule has 164 valence electrons. The number of carboxylic acid groups (broad SMARTS) is 1. The third-order valence-corrected chi connectivity index (χ3v) is 4.84. The van der Waals surface area contributed by atoms with Gasteiger partial charge in [0.1, 0.15) is 17.5 Å². The number of hydrogen-bond donors (Lipinski definition) is 1. The number of nitrogens with zero attached hydrogens (tertiary/aromatic N) is 2. The number of aromatic nitrogens is 2. The van der Waals surface area contributed by atoms with E-state index in [1.807, 2.05) is 0 Å². The molecule has 0 fully saturated rings. The largest absolute Gasteiger partial charge is 0.495 e. The fourth-order valence-corrected chi connectivity index (χ4v) is 3.31. The van der Waals surface area contributed by atoms with Gasteiger partial charge in [0.15, 0.2) is 0 Å². The summed E-state index contributed by atoms with van der Waals surface area (Å²) in [5, 5.41) is 13.1. The quantitative estimate of drug-likeness (QED) is 0.567. The lowest BCUT2D eigenvalue weighted by Crippen LogP contribution is -2.29. The third-order valence-electron chi connectivity index (χ3n) is 4.61. The van der Waals surface area contributed by atoms with Crippen LogP contribution >= 0.6 is 11.6 Å². The van der Waals surface area contributed by atoms with Crippen LogP contribution in [0, 0.1) is 0 Å². The van der Waals surface area contributed by atoms with Crippen LogP contribution in [-0.4, -0.2) is 27.9 Å². The van der Waals surface area contributed by atoms with Gasteiger partial charge in [0, 0.05) is 28.3 Å². The van der Waals surface area contributed by atoms with E-state index in [0.717, 1.165) is 16.7 Å². The van der Waals surface area contributed by atoms with Gasteiger partial charge in [-0.15, -0.1) is 0 Å². The molecule has 0 aliphatic heterocycles. The number of rotatable bonds is 6. The monoisotopic (exact) mass is 456 g/mol. The van der Waals surface area contributed by atoms with Crippen molar-refractivity contribution in [1.82, 2.24) is 9.72 Å². The molecular weight excluding hydrogens is 441 g/mol. The van der Waals surface area contributed by atoms with Crippen LogP contribution < -0.4 is 10.3 Å². The smallest absolute Gasteiger partial charge is 0.452 e. The Morgan fingerprint density at radius 2 is 1.97 bits per heavy atom. The Bertz CT molecular complexity index is 1190. The number of hydrogen-bond acceptors (Lipinski definition) is 5. The number of benzene rings is 1. The van der Waals surface area contributed by atoms with Crippen molar-refractivity contribution in [2.24, 2.45) is 0 Å². The molecule has 2 heterocycles. The van der Waals surface area contributed by atoms with E-state index >= 15 is 0 Å². The number of carboxylic acids is 1. The van der Waals surface area contributed by atoms with E-state index in [1.54, 1.807) is 6.92 Å². The highest BCUT2D eigenvalue weighted by Crippen LogP contribution is 2.40. The molecule has 0 amide bonds. The number of carbonyl (C=O) groups is 1. The second-order valence-electron chi connectivity index (χ2n) is 6.53. The number of aliphatic carboxylic acids is 1. The normalized spacial score (nSPS) is 12.6. The van der Waals surface area contributed by atoms with Gasteiger partial charge in [-0.25, -0.2) is 4.79 Å². The lowest BCUT2D eigenvalue weighted by atomic mass is 9.97.